The van der Waals surface area contributed by atoms with Gasteiger partial charge in [0.25, 0.3) is 5.91 Å². The highest BCUT2D eigenvalue weighted by atomic mass is 79.9. The molecule has 3 amide bonds. The number of imidazole rings is 1. The van der Waals surface area contributed by atoms with Crippen molar-refractivity contribution in [1.82, 2.24) is 19.8 Å². The average Bonchev–Trinajstić information content (AvgIpc) is 3.56. The molecule has 0 aliphatic carbocycles. The molecule has 0 saturated carbocycles. The van der Waals surface area contributed by atoms with Gasteiger partial charge in [0, 0.05) is 44.0 Å². The Morgan fingerprint density at radius 1 is 1.20 bits per heavy atom. The van der Waals surface area contributed by atoms with Crippen molar-refractivity contribution in [2.75, 3.05) is 18.4 Å². The molecule has 0 bridgehead atoms. The number of anilines is 1. The SMILES string of the molecule is Cc1cc(NC(=O)[C@@H](Cc2cn(C)cn2)NC(=O)Oc2ccc(Br)s2)ccc1C(=O)N1CCCC1. The summed E-state index contributed by atoms with van der Waals surface area (Å²) in [4.78, 5) is 44.5. The summed E-state index contributed by atoms with van der Waals surface area (Å²) in [7, 11) is 1.83. The van der Waals surface area contributed by atoms with Crippen molar-refractivity contribution in [2.45, 2.75) is 32.2 Å². The number of ether oxygens (including phenoxy) is 1. The predicted molar refractivity (Wildman–Crippen MR) is 137 cm³/mol. The quantitative estimate of drug-likeness (QED) is 0.452. The molecule has 0 unspecified atom stereocenters. The maximum absolute atomic E-state index is 13.2. The summed E-state index contributed by atoms with van der Waals surface area (Å²) in [5.74, 6) is -0.409. The summed E-state index contributed by atoms with van der Waals surface area (Å²) in [5.41, 5.74) is 2.58. The molecule has 0 radical (unpaired) electrons. The average molecular weight is 560 g/mol. The largest absolute Gasteiger partial charge is 0.414 e. The molecular formula is C24H26BrN5O4S. The van der Waals surface area contributed by atoms with Crippen molar-refractivity contribution < 1.29 is 19.1 Å². The maximum Gasteiger partial charge on any atom is 0.414 e. The first-order chi connectivity index (χ1) is 16.8. The smallest absolute Gasteiger partial charge is 0.399 e. The monoisotopic (exact) mass is 559 g/mol. The lowest BCUT2D eigenvalue weighted by Crippen LogP contribution is -2.46. The van der Waals surface area contributed by atoms with Crippen LogP contribution in [0.5, 0.6) is 5.06 Å². The van der Waals surface area contributed by atoms with Gasteiger partial charge >= 0.3 is 6.09 Å². The van der Waals surface area contributed by atoms with E-state index in [-0.39, 0.29) is 12.3 Å². The standard InChI is InChI=1S/C24H26BrN5O4S/c1-15-11-16(5-6-18(15)23(32)30-9-3-4-10-30)27-22(31)19(12-17-13-29(2)14-26-17)28-24(33)34-21-8-7-20(25)35-21/h5-8,11,13-14,19H,3-4,9-10,12H2,1-2H3,(H,27,31)(H,28,33)/t19-/m1/s1. The Morgan fingerprint density at radius 3 is 2.60 bits per heavy atom. The number of benzene rings is 1. The molecule has 3 aromatic rings. The lowest BCUT2D eigenvalue weighted by molar-refractivity contribution is -0.118. The summed E-state index contributed by atoms with van der Waals surface area (Å²) in [6.45, 7) is 3.39. The van der Waals surface area contributed by atoms with Gasteiger partial charge in [-0.25, -0.2) is 9.78 Å². The van der Waals surface area contributed by atoms with Gasteiger partial charge in [-0.15, -0.1) is 0 Å². The first-order valence-electron chi connectivity index (χ1n) is 11.2. The second-order valence-electron chi connectivity index (χ2n) is 8.40. The molecular weight excluding hydrogens is 534 g/mol. The highest BCUT2D eigenvalue weighted by Gasteiger charge is 2.25. The third kappa shape index (κ3) is 6.49. The number of nitrogens with zero attached hydrogens (tertiary/aromatic N) is 3. The van der Waals surface area contributed by atoms with Gasteiger partial charge in [-0.3, -0.25) is 9.59 Å². The Labute approximate surface area is 215 Å². The highest BCUT2D eigenvalue weighted by Crippen LogP contribution is 2.28. The number of halogens is 1. The van der Waals surface area contributed by atoms with Crippen LogP contribution in [0.2, 0.25) is 0 Å². The molecule has 1 aromatic carbocycles. The van der Waals surface area contributed by atoms with Crippen molar-refractivity contribution in [3.63, 3.8) is 0 Å². The number of amides is 3. The van der Waals surface area contributed by atoms with E-state index in [2.05, 4.69) is 31.5 Å². The number of likely N-dealkylation sites (tertiary alicyclic amines) is 1. The third-order valence-corrected chi connectivity index (χ3v) is 7.14. The fraction of sp³-hybridized carbons (Fsp3) is 0.333. The zero-order valence-corrected chi connectivity index (χ0v) is 21.8. The topological polar surface area (TPSA) is 106 Å². The molecule has 4 rings (SSSR count). The number of carbonyl (C=O) groups is 3. The number of hydrogen-bond acceptors (Lipinski definition) is 6. The first kappa shape index (κ1) is 24.9. The van der Waals surface area contributed by atoms with Gasteiger partial charge in [0.2, 0.25) is 5.91 Å². The van der Waals surface area contributed by atoms with E-state index in [1.54, 1.807) is 47.4 Å². The minimum absolute atomic E-state index is 0.00975. The van der Waals surface area contributed by atoms with E-state index < -0.39 is 18.0 Å². The molecule has 1 atom stereocenters. The molecule has 1 aliphatic heterocycles. The molecule has 184 valence electrons. The van der Waals surface area contributed by atoms with Gasteiger partial charge in [-0.1, -0.05) is 11.3 Å². The molecule has 1 saturated heterocycles. The third-order valence-electron chi connectivity index (χ3n) is 5.64. The molecule has 2 N–H and O–H groups in total. The highest BCUT2D eigenvalue weighted by molar-refractivity contribution is 9.11. The molecule has 0 spiro atoms. The van der Waals surface area contributed by atoms with Crippen LogP contribution in [-0.4, -0.2) is 51.5 Å². The maximum atomic E-state index is 13.2. The second kappa shape index (κ2) is 11.0. The first-order valence-corrected chi connectivity index (χ1v) is 12.8. The summed E-state index contributed by atoms with van der Waals surface area (Å²) in [5, 5.41) is 5.89. The van der Waals surface area contributed by atoms with Crippen molar-refractivity contribution in [1.29, 1.82) is 0 Å². The van der Waals surface area contributed by atoms with Crippen LogP contribution >= 0.6 is 27.3 Å². The number of aromatic nitrogens is 2. The van der Waals surface area contributed by atoms with Gasteiger partial charge in [-0.2, -0.15) is 0 Å². The van der Waals surface area contributed by atoms with Crippen molar-refractivity contribution >= 4 is 50.9 Å². The number of carbonyl (C=O) groups excluding carboxylic acids is 3. The van der Waals surface area contributed by atoms with E-state index in [0.717, 1.165) is 35.3 Å². The minimum atomic E-state index is -0.924. The Bertz CT molecular complexity index is 1230. The van der Waals surface area contributed by atoms with Crippen LogP contribution in [0, 0.1) is 6.92 Å². The van der Waals surface area contributed by atoms with Crippen LogP contribution in [0.25, 0.3) is 0 Å². The van der Waals surface area contributed by atoms with Crippen LogP contribution in [-0.2, 0) is 18.3 Å². The molecule has 11 heteroatoms. The van der Waals surface area contributed by atoms with Gasteiger partial charge in [0.15, 0.2) is 5.06 Å². The Hall–Kier alpha value is -3.18. The Kier molecular flexibility index (Phi) is 7.86. The van der Waals surface area contributed by atoms with Crippen LogP contribution in [0.4, 0.5) is 10.5 Å². The molecule has 3 heterocycles. The van der Waals surface area contributed by atoms with Crippen LogP contribution in [0.15, 0.2) is 46.6 Å². The Balaban J connectivity index is 1.46. The lowest BCUT2D eigenvalue weighted by Gasteiger charge is -2.19. The molecule has 1 aliphatic rings. The van der Waals surface area contributed by atoms with Gasteiger partial charge in [-0.05, 0) is 71.6 Å². The van der Waals surface area contributed by atoms with E-state index in [0.29, 0.717) is 22.0 Å². The number of nitrogens with one attached hydrogen (secondary N) is 2. The number of hydrogen-bond donors (Lipinski definition) is 2. The number of rotatable bonds is 7. The van der Waals surface area contributed by atoms with Crippen molar-refractivity contribution in [3.05, 3.63) is 63.5 Å². The van der Waals surface area contributed by atoms with E-state index in [9.17, 15) is 14.4 Å². The van der Waals surface area contributed by atoms with Crippen molar-refractivity contribution in [3.8, 4) is 5.06 Å². The van der Waals surface area contributed by atoms with E-state index in [1.807, 2.05) is 18.9 Å². The lowest BCUT2D eigenvalue weighted by atomic mass is 10.1. The fourth-order valence-corrected chi connectivity index (χ4v) is 5.10. The summed E-state index contributed by atoms with van der Waals surface area (Å²) >= 11 is 4.59. The summed E-state index contributed by atoms with van der Waals surface area (Å²) in [6, 6.07) is 7.71. The number of thiophene rings is 1. The van der Waals surface area contributed by atoms with E-state index >= 15 is 0 Å². The number of aryl methyl sites for hydroxylation is 2. The molecule has 35 heavy (non-hydrogen) atoms. The van der Waals surface area contributed by atoms with E-state index in [4.69, 9.17) is 4.74 Å². The van der Waals surface area contributed by atoms with Gasteiger partial charge in [0.1, 0.15) is 6.04 Å². The normalized spacial score (nSPS) is 14.0. The van der Waals surface area contributed by atoms with Crippen molar-refractivity contribution in [2.24, 2.45) is 7.05 Å². The van der Waals surface area contributed by atoms with Gasteiger partial charge in [0.05, 0.1) is 15.8 Å². The molecule has 2 aromatic heterocycles. The predicted octanol–water partition coefficient (Wildman–Crippen LogP) is 4.13. The summed E-state index contributed by atoms with van der Waals surface area (Å²) in [6.07, 6.45) is 4.90. The zero-order valence-electron chi connectivity index (χ0n) is 19.4. The van der Waals surface area contributed by atoms with Crippen LogP contribution < -0.4 is 15.4 Å². The van der Waals surface area contributed by atoms with Crippen LogP contribution in [0.3, 0.4) is 0 Å². The van der Waals surface area contributed by atoms with Crippen LogP contribution in [0.1, 0.15) is 34.5 Å². The van der Waals surface area contributed by atoms with Gasteiger partial charge < -0.3 is 24.8 Å². The zero-order chi connectivity index (χ0) is 24.9. The Morgan fingerprint density at radius 2 is 1.97 bits per heavy atom. The summed E-state index contributed by atoms with van der Waals surface area (Å²) < 4.78 is 7.90. The molecule has 9 nitrogen and oxygen atoms in total. The molecule has 1 fully saturated rings. The fourth-order valence-electron chi connectivity index (χ4n) is 3.91. The second-order valence-corrected chi connectivity index (χ2v) is 10.8. The van der Waals surface area contributed by atoms with E-state index in [1.165, 1.54) is 11.3 Å². The minimum Gasteiger partial charge on any atom is -0.399 e.